The zero-order valence-electron chi connectivity index (χ0n) is 21.3. The first-order chi connectivity index (χ1) is 14.3. The molecule has 174 valence electrons. The van der Waals surface area contributed by atoms with Gasteiger partial charge in [0.05, 0.1) is 6.10 Å². The molecule has 7 unspecified atom stereocenters. The highest BCUT2D eigenvalue weighted by molar-refractivity contribution is 5.25. The molecular formula is C29H52O. The Hall–Kier alpha value is -0.300. The molecule has 0 aromatic carbocycles. The summed E-state index contributed by atoms with van der Waals surface area (Å²) in [7, 11) is 0. The van der Waals surface area contributed by atoms with Crippen molar-refractivity contribution in [1.82, 2.24) is 0 Å². The minimum atomic E-state index is -0.0766. The summed E-state index contributed by atoms with van der Waals surface area (Å²) in [6.45, 7) is 16.6. The Morgan fingerprint density at radius 3 is 2.40 bits per heavy atom. The molecule has 1 N–H and O–H groups in total. The maximum Gasteiger partial charge on any atom is 0.0577 e. The van der Waals surface area contributed by atoms with Gasteiger partial charge in [-0.15, -0.1) is 0 Å². The van der Waals surface area contributed by atoms with Gasteiger partial charge in [0.1, 0.15) is 0 Å². The largest absolute Gasteiger partial charge is 0.393 e. The fourth-order valence-corrected chi connectivity index (χ4v) is 8.67. The Kier molecular flexibility index (Phi) is 7.85. The van der Waals surface area contributed by atoms with Crippen molar-refractivity contribution in [1.29, 1.82) is 0 Å². The van der Waals surface area contributed by atoms with E-state index in [1.165, 1.54) is 57.8 Å². The fourth-order valence-electron chi connectivity index (χ4n) is 8.67. The molecule has 0 amide bonds. The molecule has 30 heavy (non-hydrogen) atoms. The van der Waals surface area contributed by atoms with E-state index in [0.717, 1.165) is 48.3 Å². The highest BCUT2D eigenvalue weighted by Crippen LogP contribution is 2.67. The van der Waals surface area contributed by atoms with Crippen LogP contribution in [-0.4, -0.2) is 11.2 Å². The molecular weight excluding hydrogens is 364 g/mol. The summed E-state index contributed by atoms with van der Waals surface area (Å²) in [6.07, 6.45) is 17.2. The molecule has 0 saturated heterocycles. The van der Waals surface area contributed by atoms with Crippen molar-refractivity contribution in [3.8, 4) is 0 Å². The maximum atomic E-state index is 10.2. The molecule has 3 saturated carbocycles. The Labute approximate surface area is 188 Å². The van der Waals surface area contributed by atoms with Gasteiger partial charge in [-0.25, -0.2) is 0 Å². The normalized spacial score (nSPS) is 43.6. The van der Waals surface area contributed by atoms with Gasteiger partial charge in [0.2, 0.25) is 0 Å². The van der Waals surface area contributed by atoms with Crippen molar-refractivity contribution in [2.45, 2.75) is 125 Å². The molecule has 0 spiro atoms. The topological polar surface area (TPSA) is 20.2 Å². The molecule has 1 heteroatoms. The second-order valence-corrected chi connectivity index (χ2v) is 12.2. The second kappa shape index (κ2) is 9.68. The number of aliphatic hydroxyl groups is 1. The zero-order valence-corrected chi connectivity index (χ0v) is 21.3. The van der Waals surface area contributed by atoms with Gasteiger partial charge in [-0.05, 0) is 97.7 Å². The quantitative estimate of drug-likeness (QED) is 0.446. The summed E-state index contributed by atoms with van der Waals surface area (Å²) in [4.78, 5) is 0. The molecule has 4 rings (SSSR count). The van der Waals surface area contributed by atoms with E-state index in [2.05, 4.69) is 40.7 Å². The lowest BCUT2D eigenvalue weighted by Gasteiger charge is -2.58. The average molecular weight is 417 g/mol. The summed E-state index contributed by atoms with van der Waals surface area (Å²) < 4.78 is 0. The van der Waals surface area contributed by atoms with Crippen molar-refractivity contribution in [2.24, 2.45) is 46.3 Å². The summed E-state index contributed by atoms with van der Waals surface area (Å²) in [5, 5.41) is 10.2. The summed E-state index contributed by atoms with van der Waals surface area (Å²) >= 11 is 0. The number of rotatable bonds is 5. The van der Waals surface area contributed by atoms with Crippen LogP contribution in [0.5, 0.6) is 0 Å². The zero-order chi connectivity index (χ0) is 22.1. The molecule has 1 nitrogen and oxygen atoms in total. The Morgan fingerprint density at radius 1 is 0.967 bits per heavy atom. The van der Waals surface area contributed by atoms with Gasteiger partial charge >= 0.3 is 0 Å². The van der Waals surface area contributed by atoms with Crippen molar-refractivity contribution in [3.05, 3.63) is 11.6 Å². The van der Waals surface area contributed by atoms with Crippen molar-refractivity contribution < 1.29 is 5.11 Å². The van der Waals surface area contributed by atoms with Gasteiger partial charge in [-0.2, -0.15) is 0 Å². The molecule has 3 fully saturated rings. The predicted molar refractivity (Wildman–Crippen MR) is 130 cm³/mol. The van der Waals surface area contributed by atoms with E-state index >= 15 is 0 Å². The SMILES string of the molecule is CC.CC(C)CCC[C@@H](C)C1CCC2C3CC=C4CC(O)CCC4(C)C3CCC21C. The number of allylic oxidation sites excluding steroid dienone is 1. The summed E-state index contributed by atoms with van der Waals surface area (Å²) in [6, 6.07) is 0. The molecule has 4 aliphatic rings. The van der Waals surface area contributed by atoms with Crippen LogP contribution in [0, 0.1) is 46.3 Å². The van der Waals surface area contributed by atoms with Crippen LogP contribution in [0.1, 0.15) is 119 Å². The number of aliphatic hydroxyl groups excluding tert-OH is 1. The molecule has 0 aromatic rings. The molecule has 0 aliphatic heterocycles. The first-order valence-corrected chi connectivity index (χ1v) is 13.6. The van der Waals surface area contributed by atoms with Crippen LogP contribution >= 0.6 is 0 Å². The standard InChI is InChI=1S/C27H46O.C2H6/c1-18(2)7-6-8-19(3)23-11-12-24-22-10-9-20-17-21(28)13-15-26(20,4)25(22)14-16-27(23,24)5;1-2/h9,18-19,21-25,28H,6-8,10-17H2,1-5H3;1-2H3/t19-,21?,22?,23?,24?,25?,26?,27?;/m1./s1. The minimum Gasteiger partial charge on any atom is -0.393 e. The van der Waals surface area contributed by atoms with E-state index in [1.54, 1.807) is 5.57 Å². The number of hydrogen-bond acceptors (Lipinski definition) is 1. The predicted octanol–water partition coefficient (Wildman–Crippen LogP) is 8.41. The Morgan fingerprint density at radius 2 is 1.70 bits per heavy atom. The first kappa shape index (κ1) is 24.3. The third kappa shape index (κ3) is 4.31. The van der Waals surface area contributed by atoms with Gasteiger partial charge in [-0.1, -0.05) is 79.4 Å². The average Bonchev–Trinajstić information content (AvgIpc) is 3.07. The Bertz CT molecular complexity index is 591. The lowest BCUT2D eigenvalue weighted by Crippen LogP contribution is -2.50. The van der Waals surface area contributed by atoms with Gasteiger partial charge in [0.25, 0.3) is 0 Å². The summed E-state index contributed by atoms with van der Waals surface area (Å²) in [5.74, 6) is 5.46. The van der Waals surface area contributed by atoms with E-state index in [9.17, 15) is 5.11 Å². The van der Waals surface area contributed by atoms with Crippen LogP contribution in [0.4, 0.5) is 0 Å². The van der Waals surface area contributed by atoms with Crippen LogP contribution in [0.2, 0.25) is 0 Å². The van der Waals surface area contributed by atoms with E-state index in [0.29, 0.717) is 10.8 Å². The van der Waals surface area contributed by atoms with Crippen LogP contribution in [-0.2, 0) is 0 Å². The highest BCUT2D eigenvalue weighted by Gasteiger charge is 2.59. The van der Waals surface area contributed by atoms with E-state index in [1.807, 2.05) is 13.8 Å². The molecule has 0 heterocycles. The Balaban J connectivity index is 0.00000124. The van der Waals surface area contributed by atoms with Crippen molar-refractivity contribution in [2.75, 3.05) is 0 Å². The van der Waals surface area contributed by atoms with Gasteiger partial charge in [-0.3, -0.25) is 0 Å². The molecule has 8 atom stereocenters. The van der Waals surface area contributed by atoms with E-state index < -0.39 is 0 Å². The van der Waals surface area contributed by atoms with E-state index in [-0.39, 0.29) is 6.10 Å². The minimum absolute atomic E-state index is 0.0766. The van der Waals surface area contributed by atoms with E-state index in [4.69, 9.17) is 0 Å². The molecule has 0 aromatic heterocycles. The lowest BCUT2D eigenvalue weighted by molar-refractivity contribution is -0.0573. The lowest BCUT2D eigenvalue weighted by atomic mass is 9.47. The van der Waals surface area contributed by atoms with Crippen molar-refractivity contribution >= 4 is 0 Å². The second-order valence-electron chi connectivity index (χ2n) is 12.2. The molecule has 0 radical (unpaired) electrons. The van der Waals surface area contributed by atoms with Crippen LogP contribution in [0.25, 0.3) is 0 Å². The molecule has 0 bridgehead atoms. The third-order valence-corrected chi connectivity index (χ3v) is 10.3. The summed E-state index contributed by atoms with van der Waals surface area (Å²) in [5.41, 5.74) is 2.60. The van der Waals surface area contributed by atoms with Crippen molar-refractivity contribution in [3.63, 3.8) is 0 Å². The highest BCUT2D eigenvalue weighted by atomic mass is 16.3. The third-order valence-electron chi connectivity index (χ3n) is 10.3. The number of fused-ring (bicyclic) bond motifs is 5. The number of hydrogen-bond donors (Lipinski definition) is 1. The van der Waals surface area contributed by atoms with Gasteiger partial charge in [0.15, 0.2) is 0 Å². The van der Waals surface area contributed by atoms with Gasteiger partial charge in [0, 0.05) is 0 Å². The van der Waals surface area contributed by atoms with Crippen LogP contribution in [0.15, 0.2) is 11.6 Å². The first-order valence-electron chi connectivity index (χ1n) is 13.6. The molecule has 4 aliphatic carbocycles. The van der Waals surface area contributed by atoms with Crippen LogP contribution in [0.3, 0.4) is 0 Å². The monoisotopic (exact) mass is 416 g/mol. The fraction of sp³-hybridized carbons (Fsp3) is 0.931. The van der Waals surface area contributed by atoms with Gasteiger partial charge < -0.3 is 5.11 Å². The smallest absolute Gasteiger partial charge is 0.0577 e. The maximum absolute atomic E-state index is 10.2. The van der Waals surface area contributed by atoms with Crippen LogP contribution < -0.4 is 0 Å².